The minimum absolute atomic E-state index is 0.235. The summed E-state index contributed by atoms with van der Waals surface area (Å²) < 4.78 is 42.3. The van der Waals surface area contributed by atoms with Gasteiger partial charge < -0.3 is 0 Å². The van der Waals surface area contributed by atoms with E-state index in [-0.39, 0.29) is 10.6 Å². The van der Waals surface area contributed by atoms with E-state index in [1.54, 1.807) is 12.3 Å². The molecule has 0 N–H and O–H groups in total. The van der Waals surface area contributed by atoms with Crippen molar-refractivity contribution in [3.05, 3.63) is 45.1 Å². The molecule has 0 aliphatic heterocycles. The van der Waals surface area contributed by atoms with Crippen LogP contribution in [-0.2, 0) is 15.6 Å². The average Bonchev–Trinajstić information content (AvgIpc) is 2.75. The van der Waals surface area contributed by atoms with Gasteiger partial charge >= 0.3 is 0 Å². The van der Waals surface area contributed by atoms with Crippen LogP contribution < -0.4 is 0 Å². The highest BCUT2D eigenvalue weighted by molar-refractivity contribution is 9.10. The van der Waals surface area contributed by atoms with Gasteiger partial charge in [0, 0.05) is 16.0 Å². The monoisotopic (exact) mass is 349 g/mol. The summed E-state index contributed by atoms with van der Waals surface area (Å²) in [6.07, 6.45) is 1.48. The van der Waals surface area contributed by atoms with E-state index in [0.717, 1.165) is 0 Å². The first-order chi connectivity index (χ1) is 8.40. The molecule has 1 aromatic carbocycles. The van der Waals surface area contributed by atoms with Gasteiger partial charge in [0.05, 0.1) is 5.75 Å². The van der Waals surface area contributed by atoms with Gasteiger partial charge in [0.2, 0.25) is 0 Å². The lowest BCUT2D eigenvalue weighted by molar-refractivity contribution is 0.565. The van der Waals surface area contributed by atoms with Crippen LogP contribution in [0.15, 0.2) is 33.1 Å². The minimum Gasteiger partial charge on any atom is -0.223 e. The second kappa shape index (κ2) is 5.07. The standard InChI is InChI=1S/C11H9BrFNO2S2/c1-7-2-11(10(13)3-9(7)12)18(15,16)6-8-4-14-17-5-8/h2-5H,6H2,1H3. The number of sulfone groups is 1. The molecule has 7 heteroatoms. The summed E-state index contributed by atoms with van der Waals surface area (Å²) in [7, 11) is -3.68. The molecule has 2 aromatic rings. The van der Waals surface area contributed by atoms with Gasteiger partial charge in [-0.25, -0.2) is 17.2 Å². The van der Waals surface area contributed by atoms with Gasteiger partial charge in [-0.1, -0.05) is 15.9 Å². The molecule has 0 unspecified atom stereocenters. The number of rotatable bonds is 3. The van der Waals surface area contributed by atoms with E-state index < -0.39 is 15.7 Å². The van der Waals surface area contributed by atoms with Crippen molar-refractivity contribution < 1.29 is 12.8 Å². The van der Waals surface area contributed by atoms with E-state index in [4.69, 9.17) is 0 Å². The number of nitrogens with zero attached hydrogens (tertiary/aromatic N) is 1. The smallest absolute Gasteiger partial charge is 0.185 e. The highest BCUT2D eigenvalue weighted by Crippen LogP contribution is 2.26. The summed E-state index contributed by atoms with van der Waals surface area (Å²) in [5.41, 5.74) is 1.25. The second-order valence-corrected chi connectivity index (χ2v) is 7.29. The lowest BCUT2D eigenvalue weighted by Gasteiger charge is -2.07. The van der Waals surface area contributed by atoms with E-state index in [1.165, 1.54) is 29.9 Å². The summed E-state index contributed by atoms with van der Waals surface area (Å²) >= 11 is 4.33. The van der Waals surface area contributed by atoms with Crippen molar-refractivity contribution in [2.45, 2.75) is 17.6 Å². The molecule has 96 valence electrons. The highest BCUT2D eigenvalue weighted by Gasteiger charge is 2.21. The predicted molar refractivity (Wildman–Crippen MR) is 71.8 cm³/mol. The molecule has 0 aliphatic carbocycles. The van der Waals surface area contributed by atoms with Crippen LogP contribution in [0.2, 0.25) is 0 Å². The van der Waals surface area contributed by atoms with Crippen LogP contribution in [0.1, 0.15) is 11.1 Å². The van der Waals surface area contributed by atoms with Crippen LogP contribution >= 0.6 is 27.5 Å². The molecule has 3 nitrogen and oxygen atoms in total. The lowest BCUT2D eigenvalue weighted by atomic mass is 10.2. The van der Waals surface area contributed by atoms with Crippen molar-refractivity contribution >= 4 is 37.3 Å². The molecule has 18 heavy (non-hydrogen) atoms. The molecule has 0 atom stereocenters. The Morgan fingerprint density at radius 1 is 1.44 bits per heavy atom. The van der Waals surface area contributed by atoms with Gasteiger partial charge in [-0.05, 0) is 41.7 Å². The van der Waals surface area contributed by atoms with E-state index >= 15 is 0 Å². The maximum atomic E-state index is 13.7. The Morgan fingerprint density at radius 2 is 2.17 bits per heavy atom. The van der Waals surface area contributed by atoms with Crippen LogP contribution in [-0.4, -0.2) is 12.8 Å². The normalized spacial score (nSPS) is 11.7. The van der Waals surface area contributed by atoms with Crippen LogP contribution in [0.5, 0.6) is 0 Å². The molecular formula is C11H9BrFNO2S2. The number of hydrogen-bond donors (Lipinski definition) is 0. The molecule has 0 aliphatic rings. The maximum Gasteiger partial charge on any atom is 0.185 e. The van der Waals surface area contributed by atoms with Crippen LogP contribution in [0.25, 0.3) is 0 Å². The fourth-order valence-corrected chi connectivity index (χ4v) is 3.89. The number of aryl methyl sites for hydroxylation is 1. The quantitative estimate of drug-likeness (QED) is 0.853. The molecule has 0 amide bonds. The summed E-state index contributed by atoms with van der Waals surface area (Å²) in [5, 5.41) is 1.64. The average molecular weight is 350 g/mol. The Kier molecular flexibility index (Phi) is 3.84. The molecule has 0 saturated heterocycles. The van der Waals surface area contributed by atoms with E-state index in [2.05, 4.69) is 20.3 Å². The number of aromatic nitrogens is 1. The Morgan fingerprint density at radius 3 is 2.78 bits per heavy atom. The predicted octanol–water partition coefficient (Wildman–Crippen LogP) is 3.33. The Bertz CT molecular complexity index is 669. The Labute approximate surface area is 117 Å². The molecule has 0 spiro atoms. The lowest BCUT2D eigenvalue weighted by Crippen LogP contribution is -2.07. The van der Waals surface area contributed by atoms with E-state index in [9.17, 15) is 12.8 Å². The van der Waals surface area contributed by atoms with Crippen molar-refractivity contribution in [3.8, 4) is 0 Å². The van der Waals surface area contributed by atoms with Crippen molar-refractivity contribution in [3.63, 3.8) is 0 Å². The first-order valence-electron chi connectivity index (χ1n) is 4.97. The zero-order valence-corrected chi connectivity index (χ0v) is 12.6. The number of benzene rings is 1. The third-order valence-corrected chi connectivity index (χ3v) is 5.57. The minimum atomic E-state index is -3.68. The zero-order chi connectivity index (χ0) is 13.3. The van der Waals surface area contributed by atoms with Crippen molar-refractivity contribution in [2.75, 3.05) is 0 Å². The number of hydrogen-bond acceptors (Lipinski definition) is 4. The summed E-state index contributed by atoms with van der Waals surface area (Å²) in [4.78, 5) is -0.269. The largest absolute Gasteiger partial charge is 0.223 e. The van der Waals surface area contributed by atoms with Crippen molar-refractivity contribution in [1.82, 2.24) is 4.37 Å². The van der Waals surface area contributed by atoms with E-state index in [1.807, 2.05) is 0 Å². The van der Waals surface area contributed by atoms with Crippen molar-refractivity contribution in [2.24, 2.45) is 0 Å². The van der Waals surface area contributed by atoms with Gasteiger partial charge in [-0.15, -0.1) is 0 Å². The molecule has 0 saturated carbocycles. The fraction of sp³-hybridized carbons (Fsp3) is 0.182. The summed E-state index contributed by atoms with van der Waals surface area (Å²) in [6, 6.07) is 2.52. The Hall–Kier alpha value is -0.790. The molecule has 2 rings (SSSR count). The van der Waals surface area contributed by atoms with Gasteiger partial charge in [0.25, 0.3) is 0 Å². The number of halogens is 2. The third kappa shape index (κ3) is 2.78. The summed E-state index contributed by atoms with van der Waals surface area (Å²) in [6.45, 7) is 1.72. The van der Waals surface area contributed by atoms with Crippen LogP contribution in [0, 0.1) is 12.7 Å². The van der Waals surface area contributed by atoms with Crippen LogP contribution in [0.4, 0.5) is 4.39 Å². The van der Waals surface area contributed by atoms with Gasteiger partial charge in [-0.3, -0.25) is 0 Å². The zero-order valence-electron chi connectivity index (χ0n) is 9.35. The fourth-order valence-electron chi connectivity index (χ4n) is 1.46. The molecule has 0 bridgehead atoms. The first-order valence-corrected chi connectivity index (χ1v) is 8.25. The molecule has 0 radical (unpaired) electrons. The molecule has 1 aromatic heterocycles. The molecule has 0 fully saturated rings. The van der Waals surface area contributed by atoms with Gasteiger partial charge in [0.15, 0.2) is 9.84 Å². The molecular weight excluding hydrogens is 341 g/mol. The Balaban J connectivity index is 2.44. The first kappa shape index (κ1) is 13.6. The summed E-state index contributed by atoms with van der Waals surface area (Å²) in [5.74, 6) is -0.975. The SMILES string of the molecule is Cc1cc(S(=O)(=O)Cc2cnsc2)c(F)cc1Br. The van der Waals surface area contributed by atoms with Crippen LogP contribution in [0.3, 0.4) is 0 Å². The van der Waals surface area contributed by atoms with Crippen molar-refractivity contribution in [1.29, 1.82) is 0 Å². The van der Waals surface area contributed by atoms with E-state index in [0.29, 0.717) is 15.6 Å². The van der Waals surface area contributed by atoms with Gasteiger partial charge in [0.1, 0.15) is 10.7 Å². The molecule has 1 heterocycles. The second-order valence-electron chi connectivity index (χ2n) is 3.82. The third-order valence-electron chi connectivity index (χ3n) is 2.39. The highest BCUT2D eigenvalue weighted by atomic mass is 79.9. The topological polar surface area (TPSA) is 47.0 Å². The van der Waals surface area contributed by atoms with Gasteiger partial charge in [-0.2, -0.15) is 0 Å². The maximum absolute atomic E-state index is 13.7.